The molecular weight excluding hydrogens is 374 g/mol. The third-order valence-electron chi connectivity index (χ3n) is 4.08. The Morgan fingerprint density at radius 1 is 1.07 bits per heavy atom. The lowest BCUT2D eigenvalue weighted by Crippen LogP contribution is -2.27. The molecule has 0 radical (unpaired) electrons. The first-order valence-electron chi connectivity index (χ1n) is 8.91. The summed E-state index contributed by atoms with van der Waals surface area (Å²) in [4.78, 5) is 37.1. The van der Waals surface area contributed by atoms with Crippen LogP contribution in [0.2, 0.25) is 0 Å². The Kier molecular flexibility index (Phi) is 6.13. The third-order valence-corrected chi connectivity index (χ3v) is 4.08. The first-order chi connectivity index (χ1) is 13.9. The molecule has 0 aliphatic heterocycles. The molecule has 3 rings (SSSR count). The van der Waals surface area contributed by atoms with Crippen LogP contribution in [-0.4, -0.2) is 42.0 Å². The van der Waals surface area contributed by atoms with E-state index in [-0.39, 0.29) is 30.4 Å². The summed E-state index contributed by atoms with van der Waals surface area (Å²) in [7, 11) is 3.31. The number of benzene rings is 1. The largest absolute Gasteiger partial charge is 0.484 e. The minimum Gasteiger partial charge on any atom is -0.484 e. The van der Waals surface area contributed by atoms with Gasteiger partial charge in [0.15, 0.2) is 12.4 Å². The summed E-state index contributed by atoms with van der Waals surface area (Å²) in [6, 6.07) is 14.7. The van der Waals surface area contributed by atoms with Gasteiger partial charge < -0.3 is 23.9 Å². The molecular formula is C21H21N3O5. The van der Waals surface area contributed by atoms with Crippen LogP contribution >= 0.6 is 0 Å². The monoisotopic (exact) mass is 395 g/mol. The van der Waals surface area contributed by atoms with Gasteiger partial charge in [0.25, 0.3) is 17.4 Å². The van der Waals surface area contributed by atoms with Crippen LogP contribution in [0, 0.1) is 0 Å². The Labute approximate surface area is 167 Å². The average molecular weight is 395 g/mol. The van der Waals surface area contributed by atoms with Gasteiger partial charge in [-0.1, -0.05) is 6.07 Å². The lowest BCUT2D eigenvalue weighted by atomic mass is 10.3. The maximum atomic E-state index is 12.4. The Hall–Kier alpha value is -3.81. The topological polar surface area (TPSA) is 93.8 Å². The normalized spacial score (nSPS) is 10.4. The van der Waals surface area contributed by atoms with Gasteiger partial charge in [0.1, 0.15) is 11.5 Å². The van der Waals surface area contributed by atoms with E-state index in [4.69, 9.17) is 9.15 Å². The standard InChI is InChI=1S/C21H21N3O5/c1-23(2)20(26)14-28-16-8-6-15(7-9-16)22-21(27)18-11-10-17(29-18)13-24-12-4-3-5-19(24)25/h3-12H,13-14H2,1-2H3,(H,22,27). The molecule has 0 saturated heterocycles. The van der Waals surface area contributed by atoms with Gasteiger partial charge in [-0.25, -0.2) is 0 Å². The van der Waals surface area contributed by atoms with Crippen LogP contribution in [0.3, 0.4) is 0 Å². The highest BCUT2D eigenvalue weighted by molar-refractivity contribution is 6.02. The van der Waals surface area contributed by atoms with Crippen molar-refractivity contribution in [1.29, 1.82) is 0 Å². The van der Waals surface area contributed by atoms with Crippen molar-refractivity contribution in [3.8, 4) is 5.75 Å². The fraction of sp³-hybridized carbons (Fsp3) is 0.190. The SMILES string of the molecule is CN(C)C(=O)COc1ccc(NC(=O)c2ccc(Cn3ccccc3=O)o2)cc1. The maximum absolute atomic E-state index is 12.4. The molecule has 0 atom stereocenters. The number of anilines is 1. The maximum Gasteiger partial charge on any atom is 0.291 e. The second-order valence-electron chi connectivity index (χ2n) is 6.49. The highest BCUT2D eigenvalue weighted by Crippen LogP contribution is 2.17. The molecule has 1 N–H and O–H groups in total. The van der Waals surface area contributed by atoms with Crippen molar-refractivity contribution in [2.45, 2.75) is 6.54 Å². The quantitative estimate of drug-likeness (QED) is 0.662. The lowest BCUT2D eigenvalue weighted by Gasteiger charge is -2.11. The summed E-state index contributed by atoms with van der Waals surface area (Å²) in [6.07, 6.45) is 1.65. The van der Waals surface area contributed by atoms with Crippen molar-refractivity contribution < 1.29 is 18.7 Å². The van der Waals surface area contributed by atoms with E-state index >= 15 is 0 Å². The van der Waals surface area contributed by atoms with Crippen molar-refractivity contribution in [2.75, 3.05) is 26.0 Å². The number of aromatic nitrogens is 1. The number of nitrogens with one attached hydrogen (secondary N) is 1. The molecule has 0 aliphatic carbocycles. The van der Waals surface area contributed by atoms with Crippen LogP contribution in [0.15, 0.2) is 70.0 Å². The Morgan fingerprint density at radius 3 is 2.52 bits per heavy atom. The molecule has 0 fully saturated rings. The molecule has 2 amide bonds. The van der Waals surface area contributed by atoms with Crippen molar-refractivity contribution in [2.24, 2.45) is 0 Å². The van der Waals surface area contributed by atoms with Gasteiger partial charge in [0.2, 0.25) is 0 Å². The van der Waals surface area contributed by atoms with Crippen molar-refractivity contribution in [1.82, 2.24) is 9.47 Å². The molecule has 150 valence electrons. The summed E-state index contributed by atoms with van der Waals surface area (Å²) in [5.74, 6) is 0.604. The molecule has 29 heavy (non-hydrogen) atoms. The molecule has 3 aromatic rings. The number of carbonyl (C=O) groups excluding carboxylic acids is 2. The van der Waals surface area contributed by atoms with E-state index in [1.165, 1.54) is 15.5 Å². The summed E-state index contributed by atoms with van der Waals surface area (Å²) >= 11 is 0. The van der Waals surface area contributed by atoms with Gasteiger partial charge in [-0.2, -0.15) is 0 Å². The molecule has 0 unspecified atom stereocenters. The van der Waals surface area contributed by atoms with Crippen LogP contribution in [-0.2, 0) is 11.3 Å². The van der Waals surface area contributed by atoms with Gasteiger partial charge >= 0.3 is 0 Å². The number of amides is 2. The van der Waals surface area contributed by atoms with Gasteiger partial charge in [0.05, 0.1) is 6.54 Å². The van der Waals surface area contributed by atoms with Crippen LogP contribution < -0.4 is 15.6 Å². The molecule has 0 aliphatic rings. The van der Waals surface area contributed by atoms with Crippen molar-refractivity contribution in [3.05, 3.63) is 82.7 Å². The fourth-order valence-electron chi connectivity index (χ4n) is 2.45. The van der Waals surface area contributed by atoms with Gasteiger partial charge in [-0.15, -0.1) is 0 Å². The lowest BCUT2D eigenvalue weighted by molar-refractivity contribution is -0.130. The molecule has 0 bridgehead atoms. The van der Waals surface area contributed by atoms with E-state index < -0.39 is 5.91 Å². The summed E-state index contributed by atoms with van der Waals surface area (Å²) in [5, 5.41) is 2.73. The van der Waals surface area contributed by atoms with E-state index in [9.17, 15) is 14.4 Å². The zero-order chi connectivity index (χ0) is 20.8. The van der Waals surface area contributed by atoms with Gasteiger partial charge in [-0.3, -0.25) is 14.4 Å². The number of pyridine rings is 1. The Balaban J connectivity index is 1.58. The molecule has 2 heterocycles. The van der Waals surface area contributed by atoms with Crippen LogP contribution in [0.5, 0.6) is 5.75 Å². The van der Waals surface area contributed by atoms with E-state index in [0.717, 1.165) is 0 Å². The predicted octanol–water partition coefficient (Wildman–Crippen LogP) is 2.21. The highest BCUT2D eigenvalue weighted by Gasteiger charge is 2.12. The zero-order valence-electron chi connectivity index (χ0n) is 16.1. The second-order valence-corrected chi connectivity index (χ2v) is 6.49. The van der Waals surface area contributed by atoms with Gasteiger partial charge in [0, 0.05) is 32.0 Å². The molecule has 1 aromatic carbocycles. The van der Waals surface area contributed by atoms with Crippen LogP contribution in [0.1, 0.15) is 16.3 Å². The number of furan rings is 1. The number of hydrogen-bond acceptors (Lipinski definition) is 5. The number of nitrogens with zero attached hydrogens (tertiary/aromatic N) is 2. The van der Waals surface area contributed by atoms with Crippen LogP contribution in [0.4, 0.5) is 5.69 Å². The number of ether oxygens (including phenoxy) is 1. The molecule has 2 aromatic heterocycles. The average Bonchev–Trinajstić information content (AvgIpc) is 3.17. The first kappa shape index (κ1) is 19.9. The molecule has 0 spiro atoms. The highest BCUT2D eigenvalue weighted by atomic mass is 16.5. The summed E-state index contributed by atoms with van der Waals surface area (Å²) in [6.45, 7) is 0.184. The number of carbonyl (C=O) groups is 2. The molecule has 0 saturated carbocycles. The van der Waals surface area contributed by atoms with E-state index in [0.29, 0.717) is 17.2 Å². The van der Waals surface area contributed by atoms with Gasteiger partial charge in [-0.05, 0) is 42.5 Å². The zero-order valence-corrected chi connectivity index (χ0v) is 16.1. The number of likely N-dealkylation sites (N-methyl/N-ethyl adjacent to an activating group) is 1. The smallest absolute Gasteiger partial charge is 0.291 e. The molecule has 8 heteroatoms. The third kappa shape index (κ3) is 5.35. The van der Waals surface area contributed by atoms with E-state index in [2.05, 4.69) is 5.32 Å². The second kappa shape index (κ2) is 8.92. The minimum atomic E-state index is -0.409. The fourth-order valence-corrected chi connectivity index (χ4v) is 2.45. The van der Waals surface area contributed by atoms with Crippen LogP contribution in [0.25, 0.3) is 0 Å². The van der Waals surface area contributed by atoms with Crippen molar-refractivity contribution >= 4 is 17.5 Å². The van der Waals surface area contributed by atoms with E-state index in [1.807, 2.05) is 0 Å². The van der Waals surface area contributed by atoms with E-state index in [1.54, 1.807) is 68.8 Å². The van der Waals surface area contributed by atoms with Crippen molar-refractivity contribution in [3.63, 3.8) is 0 Å². The first-order valence-corrected chi connectivity index (χ1v) is 8.91. The summed E-state index contributed by atoms with van der Waals surface area (Å²) in [5.41, 5.74) is 0.406. The number of rotatable bonds is 7. The minimum absolute atomic E-state index is 0.0572. The number of hydrogen-bond donors (Lipinski definition) is 1. The Morgan fingerprint density at radius 2 is 1.83 bits per heavy atom. The predicted molar refractivity (Wildman–Crippen MR) is 107 cm³/mol. The Bertz CT molecular complexity index is 1050. The molecule has 8 nitrogen and oxygen atoms in total. The summed E-state index contributed by atoms with van der Waals surface area (Å²) < 4.78 is 12.4.